The van der Waals surface area contributed by atoms with Crippen LogP contribution in [0.15, 0.2) is 48.8 Å². The Morgan fingerprint density at radius 2 is 2.21 bits per heavy atom. The highest BCUT2D eigenvalue weighted by atomic mass is 16.5. The van der Waals surface area contributed by atoms with Crippen LogP contribution in [0.2, 0.25) is 0 Å². The van der Waals surface area contributed by atoms with Gasteiger partial charge in [-0.05, 0) is 63.1 Å². The molecule has 28 heavy (non-hydrogen) atoms. The average molecular weight is 378 g/mol. The first-order valence-electron chi connectivity index (χ1n) is 9.78. The van der Waals surface area contributed by atoms with Crippen LogP contribution in [0.3, 0.4) is 0 Å². The number of aryl methyl sites for hydroxylation is 1. The number of piperidine rings is 1. The smallest absolute Gasteiger partial charge is 0.251 e. The number of hydrogen-bond donors (Lipinski definition) is 2. The fourth-order valence-corrected chi connectivity index (χ4v) is 3.64. The van der Waals surface area contributed by atoms with E-state index in [1.54, 1.807) is 6.07 Å². The van der Waals surface area contributed by atoms with Gasteiger partial charge < -0.3 is 19.8 Å². The van der Waals surface area contributed by atoms with Crippen molar-refractivity contribution in [1.29, 1.82) is 0 Å². The Morgan fingerprint density at radius 1 is 1.32 bits per heavy atom. The number of fused-ring (bicyclic) bond motifs is 1. The monoisotopic (exact) mass is 378 g/mol. The van der Waals surface area contributed by atoms with Crippen molar-refractivity contribution in [3.8, 4) is 5.75 Å². The van der Waals surface area contributed by atoms with Crippen molar-refractivity contribution in [3.05, 3.63) is 65.6 Å². The lowest BCUT2D eigenvalue weighted by atomic mass is 10.0. The van der Waals surface area contributed by atoms with E-state index in [9.17, 15) is 4.79 Å². The van der Waals surface area contributed by atoms with Gasteiger partial charge in [-0.25, -0.2) is 4.98 Å². The number of carbonyl (C=O) groups is 1. The molecule has 2 N–H and O–H groups in total. The first-order chi connectivity index (χ1) is 13.6. The van der Waals surface area contributed by atoms with Crippen LogP contribution in [0.25, 0.3) is 5.65 Å². The number of amides is 1. The van der Waals surface area contributed by atoms with Crippen LogP contribution in [-0.2, 0) is 6.61 Å². The number of hydrogen-bond acceptors (Lipinski definition) is 4. The number of nitrogens with zero attached hydrogens (tertiary/aromatic N) is 2. The standard InChI is InChI=1S/C22H26N4O2/c1-15-6-7-21-24-19(13-26(21)12-15)14-28-20-5-3-4-17(11-20)22(27)25-18-8-9-23-16(2)10-18/h3-7,11-13,16,18,23H,8-10,14H2,1-2H3,(H,25,27). The molecule has 1 aromatic carbocycles. The first-order valence-corrected chi connectivity index (χ1v) is 9.78. The summed E-state index contributed by atoms with van der Waals surface area (Å²) in [7, 11) is 0. The van der Waals surface area contributed by atoms with Crippen molar-refractivity contribution in [2.24, 2.45) is 0 Å². The number of benzene rings is 1. The van der Waals surface area contributed by atoms with E-state index in [1.165, 1.54) is 5.56 Å². The zero-order valence-electron chi connectivity index (χ0n) is 16.3. The van der Waals surface area contributed by atoms with Gasteiger partial charge in [-0.1, -0.05) is 12.1 Å². The van der Waals surface area contributed by atoms with E-state index in [2.05, 4.69) is 29.5 Å². The van der Waals surface area contributed by atoms with Crippen LogP contribution < -0.4 is 15.4 Å². The second-order valence-corrected chi connectivity index (χ2v) is 7.57. The Hall–Kier alpha value is -2.86. The number of imidazole rings is 1. The van der Waals surface area contributed by atoms with Gasteiger partial charge in [0.15, 0.2) is 0 Å². The van der Waals surface area contributed by atoms with Crippen LogP contribution >= 0.6 is 0 Å². The second kappa shape index (κ2) is 8.02. The zero-order chi connectivity index (χ0) is 19.5. The lowest BCUT2D eigenvalue weighted by Gasteiger charge is -2.28. The minimum atomic E-state index is -0.0484. The molecule has 2 unspecified atom stereocenters. The SMILES string of the molecule is Cc1ccc2nc(COc3cccc(C(=O)NC4CCNC(C)C4)c3)cn2c1. The van der Waals surface area contributed by atoms with Crippen LogP contribution in [0.1, 0.15) is 41.4 Å². The molecule has 3 heterocycles. The van der Waals surface area contributed by atoms with Crippen LogP contribution in [0.4, 0.5) is 0 Å². The fraction of sp³-hybridized carbons (Fsp3) is 0.364. The van der Waals surface area contributed by atoms with Gasteiger partial charge in [-0.3, -0.25) is 4.79 Å². The van der Waals surface area contributed by atoms with Crippen molar-refractivity contribution < 1.29 is 9.53 Å². The molecule has 6 heteroatoms. The van der Waals surface area contributed by atoms with Crippen molar-refractivity contribution in [3.63, 3.8) is 0 Å². The summed E-state index contributed by atoms with van der Waals surface area (Å²) < 4.78 is 7.88. The quantitative estimate of drug-likeness (QED) is 0.716. The zero-order valence-corrected chi connectivity index (χ0v) is 16.3. The summed E-state index contributed by atoms with van der Waals surface area (Å²) in [5.74, 6) is 0.618. The second-order valence-electron chi connectivity index (χ2n) is 7.57. The summed E-state index contributed by atoms with van der Waals surface area (Å²) in [6.45, 7) is 5.50. The Morgan fingerprint density at radius 3 is 3.07 bits per heavy atom. The van der Waals surface area contributed by atoms with E-state index in [1.807, 2.05) is 47.1 Å². The van der Waals surface area contributed by atoms with Gasteiger partial charge in [0.1, 0.15) is 18.0 Å². The molecule has 2 atom stereocenters. The third kappa shape index (κ3) is 4.34. The molecule has 2 aromatic heterocycles. The van der Waals surface area contributed by atoms with Gasteiger partial charge in [0.2, 0.25) is 0 Å². The molecule has 1 amide bonds. The summed E-state index contributed by atoms with van der Waals surface area (Å²) in [6, 6.07) is 12.0. The molecule has 1 fully saturated rings. The minimum Gasteiger partial charge on any atom is -0.487 e. The lowest BCUT2D eigenvalue weighted by molar-refractivity contribution is 0.0925. The summed E-state index contributed by atoms with van der Waals surface area (Å²) in [4.78, 5) is 17.2. The molecule has 1 aliphatic heterocycles. The van der Waals surface area contributed by atoms with Crippen molar-refractivity contribution in [2.45, 2.75) is 45.4 Å². The molecule has 0 spiro atoms. The van der Waals surface area contributed by atoms with Crippen LogP contribution in [0, 0.1) is 6.92 Å². The average Bonchev–Trinajstić information content (AvgIpc) is 3.08. The summed E-state index contributed by atoms with van der Waals surface area (Å²) in [5.41, 5.74) is 3.55. The molecule has 0 aliphatic carbocycles. The third-order valence-corrected chi connectivity index (χ3v) is 5.09. The van der Waals surface area contributed by atoms with E-state index in [4.69, 9.17) is 4.74 Å². The van der Waals surface area contributed by atoms with E-state index in [-0.39, 0.29) is 11.9 Å². The van der Waals surface area contributed by atoms with Crippen molar-refractivity contribution >= 4 is 11.6 Å². The van der Waals surface area contributed by atoms with E-state index >= 15 is 0 Å². The highest BCUT2D eigenvalue weighted by Crippen LogP contribution is 2.17. The van der Waals surface area contributed by atoms with Crippen LogP contribution in [0.5, 0.6) is 5.75 Å². The topological polar surface area (TPSA) is 67.7 Å². The molecule has 4 rings (SSSR count). The maximum Gasteiger partial charge on any atom is 0.251 e. The van der Waals surface area contributed by atoms with E-state index in [0.717, 1.165) is 30.7 Å². The molecule has 0 saturated carbocycles. The number of pyridine rings is 1. The molecular formula is C22H26N4O2. The molecule has 0 radical (unpaired) electrons. The largest absolute Gasteiger partial charge is 0.487 e. The van der Waals surface area contributed by atoms with E-state index < -0.39 is 0 Å². The van der Waals surface area contributed by atoms with Gasteiger partial charge in [0.25, 0.3) is 5.91 Å². The van der Waals surface area contributed by atoms with Gasteiger partial charge in [0, 0.05) is 30.0 Å². The Balaban J connectivity index is 1.39. The van der Waals surface area contributed by atoms with Gasteiger partial charge in [-0.15, -0.1) is 0 Å². The molecule has 3 aromatic rings. The predicted octanol–water partition coefficient (Wildman–Crippen LogP) is 3.09. The number of rotatable bonds is 5. The minimum absolute atomic E-state index is 0.0484. The number of nitrogens with one attached hydrogen (secondary N) is 2. The lowest BCUT2D eigenvalue weighted by Crippen LogP contribution is -2.46. The van der Waals surface area contributed by atoms with Crippen molar-refractivity contribution in [2.75, 3.05) is 6.54 Å². The summed E-state index contributed by atoms with van der Waals surface area (Å²) in [6.07, 6.45) is 5.92. The fourth-order valence-electron chi connectivity index (χ4n) is 3.64. The highest BCUT2D eigenvalue weighted by Gasteiger charge is 2.20. The molecule has 6 nitrogen and oxygen atoms in total. The third-order valence-electron chi connectivity index (χ3n) is 5.09. The normalized spacial score (nSPS) is 19.5. The van der Waals surface area contributed by atoms with Crippen molar-refractivity contribution in [1.82, 2.24) is 20.0 Å². The first kappa shape index (κ1) is 18.5. The summed E-state index contributed by atoms with van der Waals surface area (Å²) >= 11 is 0. The maximum absolute atomic E-state index is 12.6. The molecule has 0 bridgehead atoms. The Bertz CT molecular complexity index is 982. The molecule has 1 saturated heterocycles. The Labute approximate surface area is 164 Å². The molecular weight excluding hydrogens is 352 g/mol. The van der Waals surface area contributed by atoms with Gasteiger partial charge >= 0.3 is 0 Å². The molecule has 146 valence electrons. The summed E-state index contributed by atoms with van der Waals surface area (Å²) in [5, 5.41) is 6.54. The Kier molecular flexibility index (Phi) is 5.30. The maximum atomic E-state index is 12.6. The van der Waals surface area contributed by atoms with E-state index in [0.29, 0.717) is 24.0 Å². The van der Waals surface area contributed by atoms with Gasteiger partial charge in [-0.2, -0.15) is 0 Å². The highest BCUT2D eigenvalue weighted by molar-refractivity contribution is 5.94. The molecule has 1 aliphatic rings. The van der Waals surface area contributed by atoms with Crippen LogP contribution in [-0.4, -0.2) is 33.9 Å². The predicted molar refractivity (Wildman–Crippen MR) is 109 cm³/mol. The number of ether oxygens (including phenoxy) is 1. The van der Waals surface area contributed by atoms with Gasteiger partial charge in [0.05, 0.1) is 5.69 Å². The number of aromatic nitrogens is 2. The number of carbonyl (C=O) groups excluding carboxylic acids is 1.